The van der Waals surface area contributed by atoms with Gasteiger partial charge in [0.2, 0.25) is 0 Å². The van der Waals surface area contributed by atoms with E-state index in [0.717, 1.165) is 22.9 Å². The van der Waals surface area contributed by atoms with E-state index in [-0.39, 0.29) is 0 Å². The average Bonchev–Trinajstić information content (AvgIpc) is 2.46. The van der Waals surface area contributed by atoms with Crippen LogP contribution in [0, 0.1) is 5.41 Å². The van der Waals surface area contributed by atoms with E-state index in [1.54, 1.807) is 11.8 Å². The van der Waals surface area contributed by atoms with Crippen molar-refractivity contribution >= 4 is 23.4 Å². The number of carboxylic acids is 1. The van der Waals surface area contributed by atoms with E-state index in [2.05, 4.69) is 12.2 Å². The SMILES string of the molecule is CCSc1cccc(NCC2(C)CCCCC2)c1C(=O)O. The maximum Gasteiger partial charge on any atom is 0.338 e. The van der Waals surface area contributed by atoms with Gasteiger partial charge in [0.15, 0.2) is 0 Å². The molecule has 1 fully saturated rings. The van der Waals surface area contributed by atoms with Crippen molar-refractivity contribution in [3.05, 3.63) is 23.8 Å². The van der Waals surface area contributed by atoms with E-state index in [1.165, 1.54) is 32.1 Å². The summed E-state index contributed by atoms with van der Waals surface area (Å²) in [5, 5.41) is 12.9. The van der Waals surface area contributed by atoms with Crippen molar-refractivity contribution in [2.24, 2.45) is 5.41 Å². The van der Waals surface area contributed by atoms with Gasteiger partial charge in [-0.25, -0.2) is 4.79 Å². The molecule has 1 aromatic carbocycles. The first kappa shape index (κ1) is 16.2. The Morgan fingerprint density at radius 1 is 1.33 bits per heavy atom. The molecule has 3 nitrogen and oxygen atoms in total. The first-order valence-corrected chi connectivity index (χ1v) is 8.77. The Kier molecular flexibility index (Phi) is 5.57. The summed E-state index contributed by atoms with van der Waals surface area (Å²) < 4.78 is 0. The Hall–Kier alpha value is -1.16. The average molecular weight is 307 g/mol. The number of aromatic carboxylic acids is 1. The van der Waals surface area contributed by atoms with Gasteiger partial charge in [-0.15, -0.1) is 11.8 Å². The van der Waals surface area contributed by atoms with E-state index < -0.39 is 5.97 Å². The Bertz CT molecular complexity index is 496. The van der Waals surface area contributed by atoms with Gasteiger partial charge in [0.1, 0.15) is 0 Å². The summed E-state index contributed by atoms with van der Waals surface area (Å²) in [5.41, 5.74) is 1.47. The number of carbonyl (C=O) groups is 1. The van der Waals surface area contributed by atoms with Gasteiger partial charge in [-0.3, -0.25) is 0 Å². The normalized spacial score (nSPS) is 17.4. The highest BCUT2D eigenvalue weighted by Crippen LogP contribution is 2.36. The molecule has 0 unspecified atom stereocenters. The highest BCUT2D eigenvalue weighted by atomic mass is 32.2. The molecule has 0 radical (unpaired) electrons. The third-order valence-electron chi connectivity index (χ3n) is 4.31. The van der Waals surface area contributed by atoms with Crippen molar-refractivity contribution in [2.45, 2.75) is 50.8 Å². The van der Waals surface area contributed by atoms with E-state index in [9.17, 15) is 9.90 Å². The lowest BCUT2D eigenvalue weighted by molar-refractivity contribution is 0.0694. The lowest BCUT2D eigenvalue weighted by Gasteiger charge is -2.34. The number of hydrogen-bond acceptors (Lipinski definition) is 3. The third kappa shape index (κ3) is 4.16. The summed E-state index contributed by atoms with van der Waals surface area (Å²) in [7, 11) is 0. The van der Waals surface area contributed by atoms with Gasteiger partial charge in [-0.2, -0.15) is 0 Å². The molecule has 0 heterocycles. The second-order valence-corrected chi connectivity index (χ2v) is 7.45. The van der Waals surface area contributed by atoms with Crippen molar-refractivity contribution in [1.29, 1.82) is 0 Å². The number of benzene rings is 1. The molecule has 1 saturated carbocycles. The van der Waals surface area contributed by atoms with E-state index >= 15 is 0 Å². The first-order valence-electron chi connectivity index (χ1n) is 7.79. The topological polar surface area (TPSA) is 49.3 Å². The van der Waals surface area contributed by atoms with Crippen LogP contribution in [0.3, 0.4) is 0 Å². The number of hydrogen-bond donors (Lipinski definition) is 2. The zero-order valence-corrected chi connectivity index (χ0v) is 13.8. The summed E-state index contributed by atoms with van der Waals surface area (Å²) in [6, 6.07) is 5.72. The van der Waals surface area contributed by atoms with Gasteiger partial charge in [-0.05, 0) is 36.1 Å². The van der Waals surface area contributed by atoms with Crippen LogP contribution in [-0.2, 0) is 0 Å². The van der Waals surface area contributed by atoms with Crippen LogP contribution >= 0.6 is 11.8 Å². The second-order valence-electron chi connectivity index (χ2n) is 6.14. The minimum Gasteiger partial charge on any atom is -0.478 e. The molecule has 4 heteroatoms. The number of carboxylic acid groups (broad SMARTS) is 1. The Morgan fingerprint density at radius 2 is 2.05 bits per heavy atom. The molecular formula is C17H25NO2S. The molecule has 21 heavy (non-hydrogen) atoms. The maximum atomic E-state index is 11.6. The van der Waals surface area contributed by atoms with Crippen LogP contribution in [0.1, 0.15) is 56.3 Å². The maximum absolute atomic E-state index is 11.6. The van der Waals surface area contributed by atoms with Gasteiger partial charge in [0, 0.05) is 17.1 Å². The standard InChI is InChI=1S/C17H25NO2S/c1-3-21-14-9-7-8-13(15(14)16(19)20)18-12-17(2)10-5-4-6-11-17/h7-9,18H,3-6,10-12H2,1-2H3,(H,19,20). The fourth-order valence-electron chi connectivity index (χ4n) is 3.07. The Labute approximate surface area is 131 Å². The Morgan fingerprint density at radius 3 is 2.67 bits per heavy atom. The lowest BCUT2D eigenvalue weighted by Crippen LogP contribution is -2.29. The van der Waals surface area contributed by atoms with Crippen LogP contribution in [0.15, 0.2) is 23.1 Å². The van der Waals surface area contributed by atoms with Crippen molar-refractivity contribution in [1.82, 2.24) is 0 Å². The molecule has 0 spiro atoms. The van der Waals surface area contributed by atoms with Crippen LogP contribution in [0.25, 0.3) is 0 Å². The van der Waals surface area contributed by atoms with Crippen molar-refractivity contribution < 1.29 is 9.90 Å². The van der Waals surface area contributed by atoms with E-state index in [0.29, 0.717) is 11.0 Å². The molecule has 2 N–H and O–H groups in total. The second kappa shape index (κ2) is 7.21. The highest BCUT2D eigenvalue weighted by Gasteiger charge is 2.27. The molecule has 0 amide bonds. The van der Waals surface area contributed by atoms with Crippen LogP contribution in [0.2, 0.25) is 0 Å². The predicted octanol–water partition coefficient (Wildman–Crippen LogP) is 4.88. The van der Waals surface area contributed by atoms with Crippen molar-refractivity contribution in [3.8, 4) is 0 Å². The molecule has 2 rings (SSSR count). The zero-order chi connectivity index (χ0) is 15.3. The van der Waals surface area contributed by atoms with Gasteiger partial charge < -0.3 is 10.4 Å². The van der Waals surface area contributed by atoms with Crippen molar-refractivity contribution in [2.75, 3.05) is 17.6 Å². The summed E-state index contributed by atoms with van der Waals surface area (Å²) in [6.07, 6.45) is 6.36. The molecular weight excluding hydrogens is 282 g/mol. The smallest absolute Gasteiger partial charge is 0.338 e. The lowest BCUT2D eigenvalue weighted by atomic mass is 9.75. The van der Waals surface area contributed by atoms with Crippen LogP contribution in [-0.4, -0.2) is 23.4 Å². The fourth-order valence-corrected chi connectivity index (χ4v) is 3.89. The number of nitrogens with one attached hydrogen (secondary N) is 1. The van der Waals surface area contributed by atoms with Crippen LogP contribution in [0.4, 0.5) is 5.69 Å². The van der Waals surface area contributed by atoms with E-state index in [1.807, 2.05) is 25.1 Å². The van der Waals surface area contributed by atoms with Crippen molar-refractivity contribution in [3.63, 3.8) is 0 Å². The minimum absolute atomic E-state index is 0.294. The molecule has 0 atom stereocenters. The Balaban J connectivity index is 2.15. The van der Waals surface area contributed by atoms with Gasteiger partial charge in [-0.1, -0.05) is 39.2 Å². The highest BCUT2D eigenvalue weighted by molar-refractivity contribution is 7.99. The molecule has 0 aromatic heterocycles. The first-order chi connectivity index (χ1) is 10.1. The summed E-state index contributed by atoms with van der Waals surface area (Å²) in [4.78, 5) is 12.4. The predicted molar refractivity (Wildman–Crippen MR) is 89.5 cm³/mol. The molecule has 116 valence electrons. The largest absolute Gasteiger partial charge is 0.478 e. The quantitative estimate of drug-likeness (QED) is 0.735. The molecule has 1 aliphatic carbocycles. The molecule has 1 aliphatic rings. The molecule has 1 aromatic rings. The fraction of sp³-hybridized carbons (Fsp3) is 0.588. The third-order valence-corrected chi connectivity index (χ3v) is 5.25. The zero-order valence-electron chi connectivity index (χ0n) is 12.9. The van der Waals surface area contributed by atoms with Gasteiger partial charge >= 0.3 is 5.97 Å². The van der Waals surface area contributed by atoms with Gasteiger partial charge in [0.05, 0.1) is 5.56 Å². The number of thioether (sulfide) groups is 1. The van der Waals surface area contributed by atoms with Gasteiger partial charge in [0.25, 0.3) is 0 Å². The number of anilines is 1. The van der Waals surface area contributed by atoms with Crippen LogP contribution in [0.5, 0.6) is 0 Å². The molecule has 0 aliphatic heterocycles. The summed E-state index contributed by atoms with van der Waals surface area (Å²) in [6.45, 7) is 5.21. The number of rotatable bonds is 6. The summed E-state index contributed by atoms with van der Waals surface area (Å²) >= 11 is 1.58. The molecule has 0 bridgehead atoms. The van der Waals surface area contributed by atoms with E-state index in [4.69, 9.17) is 0 Å². The minimum atomic E-state index is -0.845. The molecule has 0 saturated heterocycles. The summed E-state index contributed by atoms with van der Waals surface area (Å²) in [5.74, 6) is 0.0319. The van der Waals surface area contributed by atoms with Crippen LogP contribution < -0.4 is 5.32 Å². The monoisotopic (exact) mass is 307 g/mol.